The Kier molecular flexibility index (Phi) is 5.14. The predicted octanol–water partition coefficient (Wildman–Crippen LogP) is 4.00. The van der Waals surface area contributed by atoms with E-state index in [9.17, 15) is 0 Å². The number of rotatable bonds is 5. The maximum absolute atomic E-state index is 6.02. The molecule has 1 heterocycles. The van der Waals surface area contributed by atoms with Crippen LogP contribution >= 0.6 is 15.9 Å². The average Bonchev–Trinajstić information content (AvgIpc) is 2.48. The van der Waals surface area contributed by atoms with E-state index in [2.05, 4.69) is 51.2 Å². The van der Waals surface area contributed by atoms with E-state index >= 15 is 0 Å². The topological polar surface area (TPSA) is 73.1 Å². The van der Waals surface area contributed by atoms with Crippen LogP contribution in [0.1, 0.15) is 37.8 Å². The van der Waals surface area contributed by atoms with E-state index in [0.717, 1.165) is 27.8 Å². The summed E-state index contributed by atoms with van der Waals surface area (Å²) in [4.78, 5) is 8.34. The second-order valence-corrected chi connectivity index (χ2v) is 5.86. The van der Waals surface area contributed by atoms with Crippen LogP contribution in [0.3, 0.4) is 0 Å². The Hall–Kier alpha value is -1.66. The van der Waals surface area contributed by atoms with Gasteiger partial charge < -0.3 is 10.2 Å². The van der Waals surface area contributed by atoms with E-state index in [1.54, 1.807) is 0 Å². The zero-order valence-electron chi connectivity index (χ0n) is 12.4. The van der Waals surface area contributed by atoms with Crippen molar-refractivity contribution in [1.29, 1.82) is 0 Å². The first kappa shape index (κ1) is 15.7. The molecule has 1 aromatic carbocycles. The molecule has 0 amide bonds. The first-order valence-corrected chi connectivity index (χ1v) is 7.63. The van der Waals surface area contributed by atoms with Crippen molar-refractivity contribution in [3.63, 3.8) is 0 Å². The molecule has 5 nitrogen and oxygen atoms in total. The summed E-state index contributed by atoms with van der Waals surface area (Å²) >= 11 is 3.49. The third kappa shape index (κ3) is 3.51. The van der Waals surface area contributed by atoms with E-state index in [4.69, 9.17) is 10.6 Å². The minimum absolute atomic E-state index is 0.344. The van der Waals surface area contributed by atoms with Gasteiger partial charge in [-0.25, -0.2) is 15.8 Å². The molecule has 0 fully saturated rings. The molecular weight excluding hydrogens is 332 g/mol. The second-order valence-electron chi connectivity index (χ2n) is 4.94. The molecule has 0 aliphatic carbocycles. The molecule has 21 heavy (non-hydrogen) atoms. The summed E-state index contributed by atoms with van der Waals surface area (Å²) in [5.41, 5.74) is 4.56. The summed E-state index contributed by atoms with van der Waals surface area (Å²) in [6.07, 6.45) is 2.17. The van der Waals surface area contributed by atoms with Gasteiger partial charge >= 0.3 is 0 Å². The molecule has 0 spiro atoms. The monoisotopic (exact) mass is 350 g/mol. The zero-order chi connectivity index (χ0) is 15.4. The zero-order valence-corrected chi connectivity index (χ0v) is 13.9. The number of nitrogens with two attached hydrogens (primary N) is 1. The van der Waals surface area contributed by atoms with Crippen molar-refractivity contribution in [2.45, 2.75) is 33.1 Å². The number of hydrogen-bond acceptors (Lipinski definition) is 5. The lowest BCUT2D eigenvalue weighted by Crippen LogP contribution is -2.12. The molecule has 6 heteroatoms. The molecule has 2 rings (SSSR count). The standard InChI is InChI=1S/C15H19BrN4O/c1-4-11-14(20-17)18-8-19-15(11)21-13-6-5-10(16)7-12(13)9(2)3/h5-9H,4,17H2,1-3H3,(H,18,19,20). The minimum atomic E-state index is 0.344. The smallest absolute Gasteiger partial charge is 0.227 e. The number of hydrogen-bond donors (Lipinski definition) is 2. The Morgan fingerprint density at radius 2 is 2.10 bits per heavy atom. The fraction of sp³-hybridized carbons (Fsp3) is 0.333. The van der Waals surface area contributed by atoms with Gasteiger partial charge in [0.1, 0.15) is 17.9 Å². The van der Waals surface area contributed by atoms with Crippen molar-refractivity contribution >= 4 is 21.7 Å². The summed E-state index contributed by atoms with van der Waals surface area (Å²) in [6, 6.07) is 5.96. The van der Waals surface area contributed by atoms with Crippen molar-refractivity contribution in [3.05, 3.63) is 40.1 Å². The molecule has 0 saturated carbocycles. The van der Waals surface area contributed by atoms with E-state index in [1.165, 1.54) is 6.33 Å². The van der Waals surface area contributed by atoms with E-state index in [1.807, 2.05) is 19.1 Å². The fourth-order valence-electron chi connectivity index (χ4n) is 2.09. The Bertz CT molecular complexity index is 631. The van der Waals surface area contributed by atoms with Crippen LogP contribution in [0.25, 0.3) is 0 Å². The number of anilines is 1. The molecule has 2 aromatic rings. The van der Waals surface area contributed by atoms with Crippen LogP contribution in [0.4, 0.5) is 5.82 Å². The van der Waals surface area contributed by atoms with Crippen LogP contribution in [0.5, 0.6) is 11.6 Å². The third-order valence-corrected chi connectivity index (χ3v) is 3.69. The van der Waals surface area contributed by atoms with Gasteiger partial charge in [0.15, 0.2) is 0 Å². The minimum Gasteiger partial charge on any atom is -0.438 e. The largest absolute Gasteiger partial charge is 0.438 e. The molecule has 1 aromatic heterocycles. The molecule has 3 N–H and O–H groups in total. The Morgan fingerprint density at radius 1 is 1.33 bits per heavy atom. The molecule has 112 valence electrons. The van der Waals surface area contributed by atoms with Crippen LogP contribution in [0.15, 0.2) is 29.0 Å². The third-order valence-electron chi connectivity index (χ3n) is 3.20. The van der Waals surface area contributed by atoms with Crippen LogP contribution in [-0.2, 0) is 6.42 Å². The summed E-state index contributed by atoms with van der Waals surface area (Å²) in [5, 5.41) is 0. The van der Waals surface area contributed by atoms with Crippen molar-refractivity contribution in [3.8, 4) is 11.6 Å². The van der Waals surface area contributed by atoms with Crippen LogP contribution < -0.4 is 16.0 Å². The molecule has 0 atom stereocenters. The van der Waals surface area contributed by atoms with E-state index < -0.39 is 0 Å². The van der Waals surface area contributed by atoms with E-state index in [-0.39, 0.29) is 0 Å². The summed E-state index contributed by atoms with van der Waals surface area (Å²) in [7, 11) is 0. The Balaban J connectivity index is 2.43. The van der Waals surface area contributed by atoms with Gasteiger partial charge in [-0.1, -0.05) is 36.7 Å². The van der Waals surface area contributed by atoms with Gasteiger partial charge in [-0.05, 0) is 36.1 Å². The number of nitrogen functional groups attached to an aromatic ring is 1. The number of halogens is 1. The van der Waals surface area contributed by atoms with Crippen molar-refractivity contribution in [2.75, 3.05) is 5.43 Å². The Morgan fingerprint density at radius 3 is 2.71 bits per heavy atom. The van der Waals surface area contributed by atoms with Crippen molar-refractivity contribution in [1.82, 2.24) is 9.97 Å². The van der Waals surface area contributed by atoms with Crippen molar-refractivity contribution in [2.24, 2.45) is 5.84 Å². The average molecular weight is 351 g/mol. The second kappa shape index (κ2) is 6.87. The van der Waals surface area contributed by atoms with Gasteiger partial charge in [0.25, 0.3) is 0 Å². The van der Waals surface area contributed by atoms with Gasteiger partial charge in [0.2, 0.25) is 5.88 Å². The lowest BCUT2D eigenvalue weighted by atomic mass is 10.0. The van der Waals surface area contributed by atoms with Crippen LogP contribution in [0.2, 0.25) is 0 Å². The molecule has 0 bridgehead atoms. The quantitative estimate of drug-likeness (QED) is 0.629. The highest BCUT2D eigenvalue weighted by Crippen LogP contribution is 2.34. The van der Waals surface area contributed by atoms with Gasteiger partial charge in [-0.3, -0.25) is 0 Å². The number of aromatic nitrogens is 2. The van der Waals surface area contributed by atoms with E-state index in [0.29, 0.717) is 17.6 Å². The van der Waals surface area contributed by atoms with Crippen molar-refractivity contribution < 1.29 is 4.74 Å². The highest BCUT2D eigenvalue weighted by Gasteiger charge is 2.14. The van der Waals surface area contributed by atoms with Gasteiger partial charge in [-0.15, -0.1) is 0 Å². The molecular formula is C15H19BrN4O. The van der Waals surface area contributed by atoms with Crippen LogP contribution in [-0.4, -0.2) is 9.97 Å². The summed E-state index contributed by atoms with van der Waals surface area (Å²) < 4.78 is 7.05. The number of benzene rings is 1. The maximum atomic E-state index is 6.02. The Labute approximate surface area is 133 Å². The number of ether oxygens (including phenoxy) is 1. The first-order chi connectivity index (χ1) is 10.1. The maximum Gasteiger partial charge on any atom is 0.227 e. The van der Waals surface area contributed by atoms with Crippen LogP contribution in [0, 0.1) is 0 Å². The first-order valence-electron chi connectivity index (χ1n) is 6.84. The SMILES string of the molecule is CCc1c(NN)ncnc1Oc1ccc(Br)cc1C(C)C. The molecule has 0 radical (unpaired) electrons. The molecule has 0 aliphatic rings. The molecule has 0 saturated heterocycles. The fourth-order valence-corrected chi connectivity index (χ4v) is 2.47. The highest BCUT2D eigenvalue weighted by molar-refractivity contribution is 9.10. The van der Waals surface area contributed by atoms with Gasteiger partial charge in [-0.2, -0.15) is 0 Å². The lowest BCUT2D eigenvalue weighted by molar-refractivity contribution is 0.447. The normalized spacial score (nSPS) is 10.8. The van der Waals surface area contributed by atoms with Gasteiger partial charge in [0, 0.05) is 4.47 Å². The molecule has 0 unspecified atom stereocenters. The number of nitrogens with one attached hydrogen (secondary N) is 1. The lowest BCUT2D eigenvalue weighted by Gasteiger charge is -2.16. The number of hydrazine groups is 1. The summed E-state index contributed by atoms with van der Waals surface area (Å²) in [5.74, 6) is 7.75. The highest BCUT2D eigenvalue weighted by atomic mass is 79.9. The molecule has 0 aliphatic heterocycles. The number of nitrogens with zero attached hydrogens (tertiary/aromatic N) is 2. The summed E-state index contributed by atoms with van der Waals surface area (Å²) in [6.45, 7) is 6.27. The predicted molar refractivity (Wildman–Crippen MR) is 87.5 cm³/mol. The van der Waals surface area contributed by atoms with Gasteiger partial charge in [0.05, 0.1) is 5.56 Å².